The lowest BCUT2D eigenvalue weighted by Crippen LogP contribution is -2.18. The van der Waals surface area contributed by atoms with Crippen molar-refractivity contribution in [1.82, 2.24) is 25.3 Å². The molecule has 152 valence electrons. The van der Waals surface area contributed by atoms with E-state index in [1.165, 1.54) is 12.5 Å². The first-order chi connectivity index (χ1) is 14.8. The first kappa shape index (κ1) is 19.7. The number of aromatic nitrogens is 4. The third-order valence-electron chi connectivity index (χ3n) is 4.30. The van der Waals surface area contributed by atoms with Gasteiger partial charge >= 0.3 is 0 Å². The van der Waals surface area contributed by atoms with Crippen molar-refractivity contribution in [2.75, 3.05) is 20.3 Å². The van der Waals surface area contributed by atoms with Gasteiger partial charge in [-0.2, -0.15) is 0 Å². The number of hydrogen-bond donors (Lipinski definition) is 1. The summed E-state index contributed by atoms with van der Waals surface area (Å²) in [5.41, 5.74) is 2.36. The number of nitrogens with zero attached hydrogens (tertiary/aromatic N) is 4. The lowest BCUT2D eigenvalue weighted by molar-refractivity contribution is 0.0958. The van der Waals surface area contributed by atoms with Gasteiger partial charge in [-0.15, -0.1) is 11.3 Å². The molecule has 8 nitrogen and oxygen atoms in total. The number of carbonyl (C=O) groups is 1. The van der Waals surface area contributed by atoms with Crippen LogP contribution in [0.3, 0.4) is 0 Å². The van der Waals surface area contributed by atoms with Crippen molar-refractivity contribution in [3.05, 3.63) is 60.3 Å². The predicted molar refractivity (Wildman–Crippen MR) is 114 cm³/mol. The molecular formula is C21H19N5O3S. The van der Waals surface area contributed by atoms with Gasteiger partial charge < -0.3 is 14.8 Å². The second kappa shape index (κ2) is 9.27. The number of ether oxygens (including phenoxy) is 2. The molecule has 0 aliphatic carbocycles. The van der Waals surface area contributed by atoms with E-state index in [2.05, 4.69) is 25.3 Å². The highest BCUT2D eigenvalue weighted by Crippen LogP contribution is 2.37. The summed E-state index contributed by atoms with van der Waals surface area (Å²) in [7, 11) is 1.57. The average molecular weight is 421 g/mol. The first-order valence-electron chi connectivity index (χ1n) is 9.32. The third kappa shape index (κ3) is 4.36. The molecule has 0 aliphatic rings. The molecule has 1 amide bonds. The van der Waals surface area contributed by atoms with E-state index in [9.17, 15) is 4.79 Å². The third-order valence-corrected chi connectivity index (χ3v) is 5.19. The monoisotopic (exact) mass is 421 g/mol. The fraction of sp³-hybridized carbons (Fsp3) is 0.190. The normalized spacial score (nSPS) is 10.7. The zero-order valence-corrected chi connectivity index (χ0v) is 17.1. The SMILES string of the molecule is CNC(=O)c1ccc(OCCCOc2ncnc3scc(-c4cccnc4)c23)cn1. The molecule has 4 aromatic rings. The highest BCUT2D eigenvalue weighted by molar-refractivity contribution is 7.17. The zero-order valence-electron chi connectivity index (χ0n) is 16.2. The molecule has 0 saturated heterocycles. The summed E-state index contributed by atoms with van der Waals surface area (Å²) in [6.07, 6.45) is 7.26. The van der Waals surface area contributed by atoms with Crippen LogP contribution in [0.2, 0.25) is 0 Å². The van der Waals surface area contributed by atoms with E-state index in [-0.39, 0.29) is 5.91 Å². The van der Waals surface area contributed by atoms with Gasteiger partial charge in [-0.25, -0.2) is 15.0 Å². The summed E-state index contributed by atoms with van der Waals surface area (Å²) in [6.45, 7) is 0.895. The first-order valence-corrected chi connectivity index (χ1v) is 10.2. The Morgan fingerprint density at radius 3 is 2.77 bits per heavy atom. The van der Waals surface area contributed by atoms with Crippen LogP contribution in [0.4, 0.5) is 0 Å². The number of hydrogen-bond acceptors (Lipinski definition) is 8. The Hall–Kier alpha value is -3.59. The van der Waals surface area contributed by atoms with E-state index in [0.717, 1.165) is 21.3 Å². The van der Waals surface area contributed by atoms with Gasteiger partial charge in [0, 0.05) is 42.4 Å². The Labute approximate surface area is 177 Å². The molecule has 9 heteroatoms. The van der Waals surface area contributed by atoms with Crippen molar-refractivity contribution in [2.24, 2.45) is 0 Å². The Kier molecular flexibility index (Phi) is 6.09. The largest absolute Gasteiger partial charge is 0.492 e. The predicted octanol–water partition coefficient (Wildman–Crippen LogP) is 3.36. The molecule has 1 N–H and O–H groups in total. The smallest absolute Gasteiger partial charge is 0.269 e. The van der Waals surface area contributed by atoms with Gasteiger partial charge in [0.2, 0.25) is 5.88 Å². The van der Waals surface area contributed by atoms with Gasteiger partial charge in [0.25, 0.3) is 5.91 Å². The molecular weight excluding hydrogens is 402 g/mol. The molecule has 4 rings (SSSR count). The topological polar surface area (TPSA) is 99.1 Å². The fourth-order valence-corrected chi connectivity index (χ4v) is 3.74. The van der Waals surface area contributed by atoms with Crippen LogP contribution in [0.25, 0.3) is 21.3 Å². The number of thiophene rings is 1. The number of fused-ring (bicyclic) bond motifs is 1. The molecule has 0 spiro atoms. The van der Waals surface area contributed by atoms with Gasteiger partial charge in [-0.05, 0) is 18.2 Å². The Balaban J connectivity index is 1.35. The van der Waals surface area contributed by atoms with Crippen molar-refractivity contribution in [2.45, 2.75) is 6.42 Å². The van der Waals surface area contributed by atoms with Crippen LogP contribution in [0.5, 0.6) is 11.6 Å². The van der Waals surface area contributed by atoms with Crippen LogP contribution in [-0.2, 0) is 0 Å². The molecule has 0 aromatic carbocycles. The highest BCUT2D eigenvalue weighted by Gasteiger charge is 2.14. The molecule has 0 bridgehead atoms. The summed E-state index contributed by atoms with van der Waals surface area (Å²) >= 11 is 1.55. The van der Waals surface area contributed by atoms with E-state index in [0.29, 0.717) is 37.0 Å². The van der Waals surface area contributed by atoms with Crippen molar-refractivity contribution < 1.29 is 14.3 Å². The quantitative estimate of drug-likeness (QED) is 0.436. The van der Waals surface area contributed by atoms with E-state index in [1.807, 2.05) is 23.7 Å². The Morgan fingerprint density at radius 1 is 1.10 bits per heavy atom. The number of nitrogens with one attached hydrogen (secondary N) is 1. The lowest BCUT2D eigenvalue weighted by Gasteiger charge is -2.09. The minimum Gasteiger partial charge on any atom is -0.492 e. The number of pyridine rings is 2. The summed E-state index contributed by atoms with van der Waals surface area (Å²) in [6, 6.07) is 7.25. The summed E-state index contributed by atoms with van der Waals surface area (Å²) in [4.78, 5) is 29.3. The van der Waals surface area contributed by atoms with Crippen LogP contribution in [0, 0.1) is 0 Å². The second-order valence-electron chi connectivity index (χ2n) is 6.26. The van der Waals surface area contributed by atoms with Crippen LogP contribution in [0.1, 0.15) is 16.9 Å². The van der Waals surface area contributed by atoms with Gasteiger partial charge in [-0.3, -0.25) is 9.78 Å². The summed E-state index contributed by atoms with van der Waals surface area (Å²) in [5.74, 6) is 0.922. The van der Waals surface area contributed by atoms with Crippen LogP contribution < -0.4 is 14.8 Å². The molecule has 0 aliphatic heterocycles. The van der Waals surface area contributed by atoms with Crippen LogP contribution in [-0.4, -0.2) is 46.1 Å². The molecule has 4 aromatic heterocycles. The summed E-state index contributed by atoms with van der Waals surface area (Å²) < 4.78 is 11.6. The van der Waals surface area contributed by atoms with Crippen molar-refractivity contribution in [1.29, 1.82) is 0 Å². The fourth-order valence-electron chi connectivity index (χ4n) is 2.84. The maximum Gasteiger partial charge on any atom is 0.269 e. The Morgan fingerprint density at radius 2 is 2.00 bits per heavy atom. The lowest BCUT2D eigenvalue weighted by atomic mass is 10.1. The second-order valence-corrected chi connectivity index (χ2v) is 7.12. The molecule has 0 fully saturated rings. The number of amides is 1. The minimum atomic E-state index is -0.231. The molecule has 0 saturated carbocycles. The molecule has 0 unspecified atom stereocenters. The van der Waals surface area contributed by atoms with Gasteiger partial charge in [0.05, 0.1) is 24.8 Å². The van der Waals surface area contributed by atoms with Gasteiger partial charge in [0.1, 0.15) is 22.6 Å². The van der Waals surface area contributed by atoms with Crippen LogP contribution in [0.15, 0.2) is 54.6 Å². The maximum atomic E-state index is 11.5. The van der Waals surface area contributed by atoms with E-state index < -0.39 is 0 Å². The van der Waals surface area contributed by atoms with Crippen LogP contribution >= 0.6 is 11.3 Å². The maximum absolute atomic E-state index is 11.5. The molecule has 30 heavy (non-hydrogen) atoms. The minimum absolute atomic E-state index is 0.231. The zero-order chi connectivity index (χ0) is 20.8. The van der Waals surface area contributed by atoms with E-state index in [4.69, 9.17) is 9.47 Å². The van der Waals surface area contributed by atoms with Crippen molar-refractivity contribution >= 4 is 27.5 Å². The summed E-state index contributed by atoms with van der Waals surface area (Å²) in [5, 5.41) is 5.47. The molecule has 0 radical (unpaired) electrons. The van der Waals surface area contributed by atoms with E-state index in [1.54, 1.807) is 36.7 Å². The van der Waals surface area contributed by atoms with Crippen molar-refractivity contribution in [3.8, 4) is 22.8 Å². The molecule has 0 atom stereocenters. The number of carbonyl (C=O) groups excluding carboxylic acids is 1. The number of rotatable bonds is 8. The van der Waals surface area contributed by atoms with E-state index >= 15 is 0 Å². The van der Waals surface area contributed by atoms with Crippen molar-refractivity contribution in [3.63, 3.8) is 0 Å². The Bertz CT molecular complexity index is 1130. The average Bonchev–Trinajstić information content (AvgIpc) is 3.24. The standard InChI is InChI=1S/C21H19N5O3S/c1-22-19(27)17-6-5-15(11-24-17)28-8-3-9-29-20-18-16(14-4-2-7-23-10-14)12-30-21(18)26-13-25-20/h2,4-7,10-13H,3,8-9H2,1H3,(H,22,27). The highest BCUT2D eigenvalue weighted by atomic mass is 32.1. The van der Waals surface area contributed by atoms with Gasteiger partial charge in [-0.1, -0.05) is 6.07 Å². The van der Waals surface area contributed by atoms with Gasteiger partial charge in [0.15, 0.2) is 0 Å². The molecule has 4 heterocycles.